The molecule has 0 saturated carbocycles. The number of benzene rings is 1. The lowest BCUT2D eigenvalue weighted by Crippen LogP contribution is -1.94. The van der Waals surface area contributed by atoms with Crippen molar-refractivity contribution < 1.29 is 4.74 Å². The van der Waals surface area contributed by atoms with Gasteiger partial charge in [0.2, 0.25) is 0 Å². The summed E-state index contributed by atoms with van der Waals surface area (Å²) >= 11 is 6.14. The van der Waals surface area contributed by atoms with Gasteiger partial charge in [-0.05, 0) is 37.0 Å². The van der Waals surface area contributed by atoms with Gasteiger partial charge in [0.05, 0.1) is 5.02 Å². The summed E-state index contributed by atoms with van der Waals surface area (Å²) in [6, 6.07) is 7.63. The summed E-state index contributed by atoms with van der Waals surface area (Å²) in [5, 5.41) is 0.680. The summed E-state index contributed by atoms with van der Waals surface area (Å²) < 4.78 is 5.03. The third-order valence-corrected chi connectivity index (χ3v) is 3.46. The van der Waals surface area contributed by atoms with Gasteiger partial charge in [-0.15, -0.1) is 0 Å². The van der Waals surface area contributed by atoms with E-state index in [4.69, 9.17) is 16.3 Å². The standard InChI is InChI=1S/C16H19ClN2O/c1-20-10-6-2-3-7-13-11-18-16(19-12-13)14-8-4-5-9-15(14)17/h4-5,8-9,11-12H,2-3,6-7,10H2,1H3. The van der Waals surface area contributed by atoms with Gasteiger partial charge < -0.3 is 4.74 Å². The topological polar surface area (TPSA) is 35.0 Å². The first-order valence-corrected chi connectivity index (χ1v) is 7.24. The minimum absolute atomic E-state index is 0.679. The quantitative estimate of drug-likeness (QED) is 0.718. The van der Waals surface area contributed by atoms with Gasteiger partial charge in [0, 0.05) is 31.7 Å². The highest BCUT2D eigenvalue weighted by Crippen LogP contribution is 2.24. The van der Waals surface area contributed by atoms with E-state index in [2.05, 4.69) is 9.97 Å². The fourth-order valence-electron chi connectivity index (χ4n) is 2.02. The minimum Gasteiger partial charge on any atom is -0.385 e. The predicted molar refractivity (Wildman–Crippen MR) is 81.9 cm³/mol. The smallest absolute Gasteiger partial charge is 0.160 e. The van der Waals surface area contributed by atoms with Crippen molar-refractivity contribution in [2.75, 3.05) is 13.7 Å². The number of unbranched alkanes of at least 4 members (excludes halogenated alkanes) is 2. The van der Waals surface area contributed by atoms with Gasteiger partial charge in [0.25, 0.3) is 0 Å². The number of hydrogen-bond acceptors (Lipinski definition) is 3. The van der Waals surface area contributed by atoms with E-state index in [-0.39, 0.29) is 0 Å². The Kier molecular flexibility index (Phi) is 5.96. The van der Waals surface area contributed by atoms with Crippen molar-refractivity contribution in [2.45, 2.75) is 25.7 Å². The van der Waals surface area contributed by atoms with Crippen LogP contribution in [-0.4, -0.2) is 23.7 Å². The van der Waals surface area contributed by atoms with Crippen LogP contribution in [0.5, 0.6) is 0 Å². The molecule has 0 bridgehead atoms. The summed E-state index contributed by atoms with van der Waals surface area (Å²) in [6.45, 7) is 0.835. The van der Waals surface area contributed by atoms with Crippen LogP contribution in [0.25, 0.3) is 11.4 Å². The molecule has 1 aromatic carbocycles. The number of rotatable bonds is 7. The van der Waals surface area contributed by atoms with Crippen LogP contribution in [0.15, 0.2) is 36.7 Å². The number of aromatic nitrogens is 2. The van der Waals surface area contributed by atoms with Crippen LogP contribution in [-0.2, 0) is 11.2 Å². The van der Waals surface area contributed by atoms with Gasteiger partial charge in [-0.2, -0.15) is 0 Å². The van der Waals surface area contributed by atoms with E-state index < -0.39 is 0 Å². The lowest BCUT2D eigenvalue weighted by molar-refractivity contribution is 0.192. The Balaban J connectivity index is 1.92. The Bertz CT molecular complexity index is 528. The molecule has 0 saturated heterocycles. The molecule has 0 aliphatic carbocycles. The van der Waals surface area contributed by atoms with Gasteiger partial charge in [0.15, 0.2) is 5.82 Å². The van der Waals surface area contributed by atoms with Crippen molar-refractivity contribution in [3.63, 3.8) is 0 Å². The first-order valence-electron chi connectivity index (χ1n) is 6.86. The van der Waals surface area contributed by atoms with Crippen molar-refractivity contribution >= 4 is 11.6 Å². The number of methoxy groups -OCH3 is 1. The third kappa shape index (κ3) is 4.29. The summed E-state index contributed by atoms with van der Waals surface area (Å²) in [4.78, 5) is 8.81. The zero-order chi connectivity index (χ0) is 14.2. The van der Waals surface area contributed by atoms with E-state index in [1.54, 1.807) is 7.11 Å². The Hall–Kier alpha value is -1.45. The van der Waals surface area contributed by atoms with Gasteiger partial charge in [-0.3, -0.25) is 0 Å². The summed E-state index contributed by atoms with van der Waals surface area (Å²) in [5.74, 6) is 0.679. The molecule has 0 atom stereocenters. The predicted octanol–water partition coefficient (Wildman–Crippen LogP) is 4.16. The first kappa shape index (κ1) is 14.9. The average Bonchev–Trinajstić information content (AvgIpc) is 2.48. The van der Waals surface area contributed by atoms with E-state index in [9.17, 15) is 0 Å². The van der Waals surface area contributed by atoms with Crippen LogP contribution in [0.2, 0.25) is 5.02 Å². The van der Waals surface area contributed by atoms with Crippen molar-refractivity contribution in [3.8, 4) is 11.4 Å². The second-order valence-corrected chi connectivity index (χ2v) is 5.11. The zero-order valence-electron chi connectivity index (χ0n) is 11.7. The Morgan fingerprint density at radius 2 is 1.80 bits per heavy atom. The Morgan fingerprint density at radius 3 is 2.50 bits per heavy atom. The molecular formula is C16H19ClN2O. The largest absolute Gasteiger partial charge is 0.385 e. The lowest BCUT2D eigenvalue weighted by atomic mass is 10.1. The maximum Gasteiger partial charge on any atom is 0.160 e. The lowest BCUT2D eigenvalue weighted by Gasteiger charge is -2.04. The van der Waals surface area contributed by atoms with Gasteiger partial charge >= 0.3 is 0 Å². The highest BCUT2D eigenvalue weighted by Gasteiger charge is 2.05. The molecule has 0 spiro atoms. The van der Waals surface area contributed by atoms with E-state index in [1.807, 2.05) is 36.7 Å². The monoisotopic (exact) mass is 290 g/mol. The molecule has 0 aliphatic heterocycles. The Labute approximate surface area is 125 Å². The van der Waals surface area contributed by atoms with E-state index in [0.717, 1.165) is 31.4 Å². The highest BCUT2D eigenvalue weighted by molar-refractivity contribution is 6.33. The number of halogens is 1. The van der Waals surface area contributed by atoms with E-state index in [1.165, 1.54) is 12.0 Å². The maximum atomic E-state index is 6.14. The first-order chi connectivity index (χ1) is 9.81. The molecule has 0 aliphatic rings. The molecule has 0 amide bonds. The number of hydrogen-bond donors (Lipinski definition) is 0. The van der Waals surface area contributed by atoms with Crippen LogP contribution < -0.4 is 0 Å². The summed E-state index contributed by atoms with van der Waals surface area (Å²) in [5.41, 5.74) is 2.04. The number of ether oxygens (including phenoxy) is 1. The minimum atomic E-state index is 0.679. The van der Waals surface area contributed by atoms with Gasteiger partial charge in [-0.1, -0.05) is 30.2 Å². The van der Waals surface area contributed by atoms with Gasteiger partial charge in [0.1, 0.15) is 0 Å². The van der Waals surface area contributed by atoms with Crippen LogP contribution in [0, 0.1) is 0 Å². The van der Waals surface area contributed by atoms with Gasteiger partial charge in [-0.25, -0.2) is 9.97 Å². The molecule has 1 heterocycles. The summed E-state index contributed by atoms with van der Waals surface area (Å²) in [7, 11) is 1.74. The fraction of sp³-hybridized carbons (Fsp3) is 0.375. The molecule has 0 fully saturated rings. The van der Waals surface area contributed by atoms with Crippen molar-refractivity contribution in [1.29, 1.82) is 0 Å². The second kappa shape index (κ2) is 7.98. The average molecular weight is 291 g/mol. The molecule has 0 radical (unpaired) electrons. The summed E-state index contributed by atoms with van der Waals surface area (Å²) in [6.07, 6.45) is 8.20. The molecule has 0 N–H and O–H groups in total. The molecule has 2 aromatic rings. The molecule has 3 nitrogen and oxygen atoms in total. The second-order valence-electron chi connectivity index (χ2n) is 4.70. The molecule has 1 aromatic heterocycles. The van der Waals surface area contributed by atoms with Crippen molar-refractivity contribution in [2.24, 2.45) is 0 Å². The highest BCUT2D eigenvalue weighted by atomic mass is 35.5. The van der Waals surface area contributed by atoms with Crippen LogP contribution >= 0.6 is 11.6 Å². The van der Waals surface area contributed by atoms with Crippen LogP contribution in [0.1, 0.15) is 24.8 Å². The molecule has 20 heavy (non-hydrogen) atoms. The van der Waals surface area contributed by atoms with E-state index >= 15 is 0 Å². The van der Waals surface area contributed by atoms with Crippen molar-refractivity contribution in [3.05, 3.63) is 47.2 Å². The third-order valence-electron chi connectivity index (χ3n) is 3.13. The van der Waals surface area contributed by atoms with Crippen LogP contribution in [0.4, 0.5) is 0 Å². The Morgan fingerprint density at radius 1 is 1.05 bits per heavy atom. The zero-order valence-corrected chi connectivity index (χ0v) is 12.4. The number of aryl methyl sites for hydroxylation is 1. The molecule has 0 unspecified atom stereocenters. The van der Waals surface area contributed by atoms with E-state index in [0.29, 0.717) is 10.8 Å². The fourth-order valence-corrected chi connectivity index (χ4v) is 2.24. The normalized spacial score (nSPS) is 10.7. The molecular weight excluding hydrogens is 272 g/mol. The molecule has 4 heteroatoms. The SMILES string of the molecule is COCCCCCc1cnc(-c2ccccc2Cl)nc1. The van der Waals surface area contributed by atoms with Crippen molar-refractivity contribution in [1.82, 2.24) is 9.97 Å². The molecule has 106 valence electrons. The number of nitrogens with zero attached hydrogens (tertiary/aromatic N) is 2. The molecule has 2 rings (SSSR count). The maximum absolute atomic E-state index is 6.14. The van der Waals surface area contributed by atoms with Crippen LogP contribution in [0.3, 0.4) is 0 Å².